The van der Waals surface area contributed by atoms with Crippen LogP contribution in [0, 0.1) is 23.7 Å². The zero-order valence-corrected chi connectivity index (χ0v) is 26.7. The first-order valence-electron chi connectivity index (χ1n) is 16.9. The van der Waals surface area contributed by atoms with Crippen LogP contribution in [0.3, 0.4) is 0 Å². The maximum absolute atomic E-state index is 13.7. The Hall–Kier alpha value is -3.75. The lowest BCUT2D eigenvalue weighted by Crippen LogP contribution is -2.47. The fraction of sp³-hybridized carbons (Fsp3) is 0.688. The quantitative estimate of drug-likeness (QED) is 0.374. The number of nitrogens with zero attached hydrogens (tertiary/aromatic N) is 7. The number of morpholine rings is 1. The van der Waals surface area contributed by atoms with Crippen LogP contribution >= 0.6 is 0 Å². The Morgan fingerprint density at radius 3 is 2.57 bits per heavy atom. The molecule has 7 rings (SSSR count). The second-order valence-electron chi connectivity index (χ2n) is 13.8. The van der Waals surface area contributed by atoms with Gasteiger partial charge in [-0.15, -0.1) is 0 Å². The van der Waals surface area contributed by atoms with Gasteiger partial charge in [-0.2, -0.15) is 28.4 Å². The molecule has 4 aliphatic rings. The van der Waals surface area contributed by atoms with E-state index in [1.54, 1.807) is 27.7 Å². The number of anilines is 1. The van der Waals surface area contributed by atoms with Crippen LogP contribution in [0.5, 0.6) is 0 Å². The molecule has 4 fully saturated rings. The van der Waals surface area contributed by atoms with Crippen molar-refractivity contribution in [2.45, 2.75) is 96.2 Å². The first-order chi connectivity index (χ1) is 22.6. The minimum atomic E-state index is -4.40. The average Bonchev–Trinajstić information content (AvgIpc) is 3.78. The Balaban J connectivity index is 1.24. The van der Waals surface area contributed by atoms with Crippen molar-refractivity contribution in [1.82, 2.24) is 40.0 Å². The first-order valence-corrected chi connectivity index (χ1v) is 16.9. The van der Waals surface area contributed by atoms with Crippen LogP contribution in [0.25, 0.3) is 5.78 Å². The van der Waals surface area contributed by atoms with Crippen molar-refractivity contribution in [2.75, 3.05) is 24.5 Å². The highest BCUT2D eigenvalue weighted by molar-refractivity contribution is 5.92. The highest BCUT2D eigenvalue weighted by Gasteiger charge is 2.45. The number of alkyl halides is 3. The summed E-state index contributed by atoms with van der Waals surface area (Å²) in [7, 11) is 0. The minimum Gasteiger partial charge on any atom is -0.371 e. The minimum absolute atomic E-state index is 0.0125. The molecular formula is C32H42F3N9O3. The van der Waals surface area contributed by atoms with Crippen molar-refractivity contribution in [3.63, 3.8) is 0 Å². The number of ether oxygens (including phenoxy) is 1. The van der Waals surface area contributed by atoms with Crippen LogP contribution < -0.4 is 15.5 Å². The number of nitrogens with one attached hydrogen (secondary N) is 2. The molecule has 0 spiro atoms. The van der Waals surface area contributed by atoms with E-state index in [0.717, 1.165) is 38.5 Å². The standard InChI is InChI=1S/C32H42F3N9O3/c1-3-43-26(10-11-37-43)30(46)39-27(19-6-4-18(2)5-7-19)25-17-44-31(38-25)40-28(42-15-22-8-9-23(16-42)47-22)24(41-44)13-20-12-21(32(33,34)35)14-36-29(20)45/h10-11,17-23,27H,3-9,12-16H2,1-2H3,(H,36,45)(H,39,46)/t18?,19?,20?,21-,22-,23+,27+/m1/s1. The summed E-state index contributed by atoms with van der Waals surface area (Å²) < 4.78 is 50.3. The van der Waals surface area contributed by atoms with Gasteiger partial charge in [-0.05, 0) is 56.9 Å². The van der Waals surface area contributed by atoms with Gasteiger partial charge < -0.3 is 20.3 Å². The summed E-state index contributed by atoms with van der Waals surface area (Å²) >= 11 is 0. The van der Waals surface area contributed by atoms with Gasteiger partial charge in [0.25, 0.3) is 11.7 Å². The van der Waals surface area contributed by atoms with Crippen molar-refractivity contribution in [2.24, 2.45) is 23.7 Å². The average molecular weight is 658 g/mol. The summed E-state index contributed by atoms with van der Waals surface area (Å²) in [5, 5.41) is 14.8. The number of hydrogen-bond acceptors (Lipinski definition) is 8. The molecule has 3 saturated heterocycles. The van der Waals surface area contributed by atoms with Crippen LogP contribution in [0.2, 0.25) is 0 Å². The molecule has 1 saturated carbocycles. The molecule has 12 nitrogen and oxygen atoms in total. The molecule has 1 unspecified atom stereocenters. The third kappa shape index (κ3) is 6.55. The van der Waals surface area contributed by atoms with E-state index >= 15 is 0 Å². The van der Waals surface area contributed by atoms with Crippen molar-refractivity contribution in [3.8, 4) is 0 Å². The second kappa shape index (κ2) is 12.7. The lowest BCUT2D eigenvalue weighted by atomic mass is 9.78. The fourth-order valence-corrected chi connectivity index (χ4v) is 7.79. The number of hydrogen-bond donors (Lipinski definition) is 2. The molecule has 3 aromatic heterocycles. The zero-order chi connectivity index (χ0) is 32.9. The molecule has 254 valence electrons. The maximum Gasteiger partial charge on any atom is 0.393 e. The van der Waals surface area contributed by atoms with E-state index in [1.165, 1.54) is 0 Å². The molecule has 2 amide bonds. The summed E-state index contributed by atoms with van der Waals surface area (Å²) in [6, 6.07) is 1.30. The van der Waals surface area contributed by atoms with Gasteiger partial charge in [0.05, 0.1) is 36.1 Å². The van der Waals surface area contributed by atoms with Gasteiger partial charge in [0, 0.05) is 44.7 Å². The van der Waals surface area contributed by atoms with E-state index in [9.17, 15) is 22.8 Å². The largest absolute Gasteiger partial charge is 0.393 e. The van der Waals surface area contributed by atoms with Crippen LogP contribution in [-0.2, 0) is 22.5 Å². The SMILES string of the molecule is CCn1nccc1C(=O)N[C@H](c1cn2nc(CC3C[C@@H](C(F)(F)F)CNC3=O)c(N3C[C@H]4CC[C@@H](C3)O4)nc2n1)C1CCC(C)CC1. The summed E-state index contributed by atoms with van der Waals surface area (Å²) in [6.45, 7) is 5.47. The normalized spacial score (nSPS) is 28.8. The molecule has 47 heavy (non-hydrogen) atoms. The second-order valence-corrected chi connectivity index (χ2v) is 13.8. The predicted molar refractivity (Wildman–Crippen MR) is 164 cm³/mol. The molecule has 3 aliphatic heterocycles. The monoisotopic (exact) mass is 657 g/mol. The molecule has 5 atom stereocenters. The van der Waals surface area contributed by atoms with Crippen LogP contribution in [0.4, 0.5) is 19.0 Å². The van der Waals surface area contributed by atoms with Crippen molar-refractivity contribution in [1.29, 1.82) is 0 Å². The molecule has 6 heterocycles. The third-order valence-electron chi connectivity index (χ3n) is 10.5. The Bertz CT molecular complexity index is 1600. The van der Waals surface area contributed by atoms with Crippen LogP contribution in [-0.4, -0.2) is 79.2 Å². The highest BCUT2D eigenvalue weighted by atomic mass is 19.4. The van der Waals surface area contributed by atoms with E-state index < -0.39 is 36.5 Å². The summed E-state index contributed by atoms with van der Waals surface area (Å²) in [6.07, 6.45) is 4.55. The van der Waals surface area contributed by atoms with Crippen molar-refractivity contribution >= 4 is 23.4 Å². The molecule has 1 aliphatic carbocycles. The third-order valence-corrected chi connectivity index (χ3v) is 10.5. The summed E-state index contributed by atoms with van der Waals surface area (Å²) in [5.74, 6) is -1.55. The van der Waals surface area contributed by atoms with Crippen molar-refractivity contribution in [3.05, 3.63) is 35.5 Å². The number of aryl methyl sites for hydroxylation is 1. The van der Waals surface area contributed by atoms with Gasteiger partial charge in [0.1, 0.15) is 11.4 Å². The molecule has 0 aromatic carbocycles. The molecule has 3 aromatic rings. The number of halogens is 3. The highest BCUT2D eigenvalue weighted by Crippen LogP contribution is 2.38. The number of aromatic nitrogens is 6. The lowest BCUT2D eigenvalue weighted by molar-refractivity contribution is -0.183. The topological polar surface area (TPSA) is 132 Å². The Kier molecular flexibility index (Phi) is 8.60. The number of carbonyl (C=O) groups excluding carboxylic acids is 2. The predicted octanol–water partition coefficient (Wildman–Crippen LogP) is 3.86. The Morgan fingerprint density at radius 1 is 1.13 bits per heavy atom. The van der Waals surface area contributed by atoms with E-state index in [0.29, 0.717) is 54.2 Å². The van der Waals surface area contributed by atoms with Crippen molar-refractivity contribution < 1.29 is 27.5 Å². The zero-order valence-electron chi connectivity index (χ0n) is 26.7. The van der Waals surface area contributed by atoms with Gasteiger partial charge in [0.15, 0.2) is 5.82 Å². The molecule has 2 N–H and O–H groups in total. The lowest BCUT2D eigenvalue weighted by Gasteiger charge is -2.34. The number of rotatable bonds is 8. The number of imidazole rings is 1. The van der Waals surface area contributed by atoms with E-state index in [4.69, 9.17) is 19.8 Å². The van der Waals surface area contributed by atoms with Crippen LogP contribution in [0.15, 0.2) is 18.5 Å². The Morgan fingerprint density at radius 2 is 1.87 bits per heavy atom. The summed E-state index contributed by atoms with van der Waals surface area (Å²) in [5.41, 5.74) is 1.54. The van der Waals surface area contributed by atoms with E-state index in [1.807, 2.05) is 6.92 Å². The van der Waals surface area contributed by atoms with Gasteiger partial charge in [-0.3, -0.25) is 14.3 Å². The Labute approximate surface area is 270 Å². The fourth-order valence-electron chi connectivity index (χ4n) is 7.79. The number of amides is 2. The van der Waals surface area contributed by atoms with Gasteiger partial charge >= 0.3 is 6.18 Å². The number of piperidine rings is 1. The molecule has 15 heteroatoms. The van der Waals surface area contributed by atoms with E-state index in [2.05, 4.69) is 27.6 Å². The van der Waals surface area contributed by atoms with Crippen LogP contribution in [0.1, 0.15) is 86.7 Å². The molecule has 0 radical (unpaired) electrons. The number of fused-ring (bicyclic) bond motifs is 3. The van der Waals surface area contributed by atoms with Gasteiger partial charge in [-0.1, -0.05) is 19.8 Å². The van der Waals surface area contributed by atoms with Gasteiger partial charge in [-0.25, -0.2) is 9.50 Å². The maximum atomic E-state index is 13.7. The summed E-state index contributed by atoms with van der Waals surface area (Å²) in [4.78, 5) is 38.3. The molecule has 2 bridgehead atoms. The number of carbonyl (C=O) groups is 2. The molecular weight excluding hydrogens is 615 g/mol. The van der Waals surface area contributed by atoms with Gasteiger partial charge in [0.2, 0.25) is 5.91 Å². The van der Waals surface area contributed by atoms with E-state index in [-0.39, 0.29) is 36.9 Å². The first kappa shape index (κ1) is 31.8. The smallest absolute Gasteiger partial charge is 0.371 e.